The van der Waals surface area contributed by atoms with Gasteiger partial charge >= 0.3 is 0 Å². The third-order valence-electron chi connectivity index (χ3n) is 5.70. The summed E-state index contributed by atoms with van der Waals surface area (Å²) in [4.78, 5) is 16.7. The van der Waals surface area contributed by atoms with Gasteiger partial charge in [-0.3, -0.25) is 9.69 Å². The number of anilines is 1. The summed E-state index contributed by atoms with van der Waals surface area (Å²) in [5.74, 6) is 0.291. The van der Waals surface area contributed by atoms with E-state index in [0.29, 0.717) is 47.2 Å². The van der Waals surface area contributed by atoms with Gasteiger partial charge in [-0.1, -0.05) is 23.7 Å². The molecular formula is C26H26ClFN2O3. The van der Waals surface area contributed by atoms with Crippen molar-refractivity contribution in [2.75, 3.05) is 44.2 Å². The van der Waals surface area contributed by atoms with Crippen molar-refractivity contribution < 1.29 is 19.0 Å². The number of ether oxygens (including phenoxy) is 1. The second-order valence-corrected chi connectivity index (χ2v) is 8.50. The van der Waals surface area contributed by atoms with Gasteiger partial charge in [-0.25, -0.2) is 4.39 Å². The maximum atomic E-state index is 14.0. The maximum absolute atomic E-state index is 14.0. The summed E-state index contributed by atoms with van der Waals surface area (Å²) in [6.07, 6.45) is -0.652. The molecule has 1 aliphatic heterocycles. The predicted octanol–water partition coefficient (Wildman–Crippen LogP) is 4.27. The third-order valence-corrected chi connectivity index (χ3v) is 5.95. The van der Waals surface area contributed by atoms with Gasteiger partial charge in [0.15, 0.2) is 5.78 Å². The lowest BCUT2D eigenvalue weighted by molar-refractivity contribution is 0.0662. The topological polar surface area (TPSA) is 53.0 Å². The number of aliphatic hydroxyl groups excluding tert-OH is 1. The minimum absolute atomic E-state index is 0.0900. The maximum Gasteiger partial charge on any atom is 0.193 e. The third kappa shape index (κ3) is 6.11. The Morgan fingerprint density at radius 2 is 1.55 bits per heavy atom. The number of halogens is 2. The van der Waals surface area contributed by atoms with Crippen molar-refractivity contribution in [1.82, 2.24) is 4.90 Å². The molecule has 0 aromatic heterocycles. The molecular weight excluding hydrogens is 443 g/mol. The van der Waals surface area contributed by atoms with Gasteiger partial charge in [0.05, 0.1) is 5.69 Å². The van der Waals surface area contributed by atoms with Crippen LogP contribution < -0.4 is 9.64 Å². The zero-order chi connectivity index (χ0) is 23.2. The first kappa shape index (κ1) is 23.2. The van der Waals surface area contributed by atoms with Crippen LogP contribution in [0.2, 0.25) is 5.02 Å². The Labute approximate surface area is 198 Å². The van der Waals surface area contributed by atoms with E-state index >= 15 is 0 Å². The van der Waals surface area contributed by atoms with E-state index in [1.165, 1.54) is 6.07 Å². The van der Waals surface area contributed by atoms with E-state index in [2.05, 4.69) is 4.90 Å². The molecule has 7 heteroatoms. The molecule has 1 N–H and O–H groups in total. The molecule has 172 valence electrons. The van der Waals surface area contributed by atoms with Crippen LogP contribution in [0.15, 0.2) is 72.8 Å². The number of nitrogens with zero attached hydrogens (tertiary/aromatic N) is 2. The monoisotopic (exact) mass is 468 g/mol. The molecule has 0 spiro atoms. The SMILES string of the molecule is O=C(c1ccc(Cl)cc1)c1ccc(OC[C@H](O)CN2CCN(c3ccccc3F)CC2)cc1. The molecule has 0 saturated carbocycles. The molecule has 0 amide bonds. The van der Waals surface area contributed by atoms with Crippen LogP contribution in [0.4, 0.5) is 10.1 Å². The Morgan fingerprint density at radius 1 is 0.939 bits per heavy atom. The zero-order valence-corrected chi connectivity index (χ0v) is 18.9. The number of piperazine rings is 1. The van der Waals surface area contributed by atoms with Gasteiger partial charge in [-0.15, -0.1) is 0 Å². The van der Waals surface area contributed by atoms with Crippen LogP contribution in [0.3, 0.4) is 0 Å². The normalized spacial score (nSPS) is 15.3. The van der Waals surface area contributed by atoms with Crippen LogP contribution >= 0.6 is 11.6 Å². The number of hydrogen-bond acceptors (Lipinski definition) is 5. The fourth-order valence-corrected chi connectivity index (χ4v) is 4.02. The summed E-state index contributed by atoms with van der Waals surface area (Å²) < 4.78 is 19.7. The van der Waals surface area contributed by atoms with Gasteiger partial charge < -0.3 is 14.7 Å². The van der Waals surface area contributed by atoms with Crippen LogP contribution in [0.5, 0.6) is 5.75 Å². The quantitative estimate of drug-likeness (QED) is 0.500. The summed E-state index contributed by atoms with van der Waals surface area (Å²) in [6, 6.07) is 20.4. The predicted molar refractivity (Wildman–Crippen MR) is 128 cm³/mol. The van der Waals surface area contributed by atoms with Crippen molar-refractivity contribution in [3.05, 3.63) is 94.8 Å². The van der Waals surface area contributed by atoms with Gasteiger partial charge in [-0.2, -0.15) is 0 Å². The number of aliphatic hydroxyl groups is 1. The molecule has 1 fully saturated rings. The zero-order valence-electron chi connectivity index (χ0n) is 18.2. The molecule has 3 aromatic carbocycles. The Balaban J connectivity index is 1.22. The van der Waals surface area contributed by atoms with Gasteiger partial charge in [0.25, 0.3) is 0 Å². The molecule has 1 atom stereocenters. The van der Waals surface area contributed by atoms with E-state index in [1.54, 1.807) is 60.7 Å². The average Bonchev–Trinajstić information content (AvgIpc) is 2.84. The molecule has 1 heterocycles. The first-order chi connectivity index (χ1) is 16.0. The van der Waals surface area contributed by atoms with E-state index in [4.69, 9.17) is 16.3 Å². The number of β-amino-alcohol motifs (C(OH)–C–C–N with tert-alkyl or cyclic N) is 1. The molecule has 33 heavy (non-hydrogen) atoms. The van der Waals surface area contributed by atoms with E-state index < -0.39 is 6.10 Å². The lowest BCUT2D eigenvalue weighted by Gasteiger charge is -2.36. The lowest BCUT2D eigenvalue weighted by Crippen LogP contribution is -2.49. The number of carbonyl (C=O) groups is 1. The summed E-state index contributed by atoms with van der Waals surface area (Å²) >= 11 is 5.88. The molecule has 0 unspecified atom stereocenters. The number of para-hydroxylation sites is 1. The molecule has 0 radical (unpaired) electrons. The Kier molecular flexibility index (Phi) is 7.60. The summed E-state index contributed by atoms with van der Waals surface area (Å²) in [7, 11) is 0. The Hall–Kier alpha value is -2.93. The standard InChI is InChI=1S/C26H26ClFN2O3/c27-21-9-5-19(6-10-21)26(32)20-7-11-23(12-8-20)33-18-22(31)17-29-13-15-30(16-14-29)25-4-2-1-3-24(25)28/h1-12,22,31H,13-18H2/t22-/m1/s1. The molecule has 0 bridgehead atoms. The minimum atomic E-state index is -0.652. The fourth-order valence-electron chi connectivity index (χ4n) is 3.89. The van der Waals surface area contributed by atoms with Crippen LogP contribution in [-0.2, 0) is 0 Å². The number of ketones is 1. The van der Waals surface area contributed by atoms with Crippen molar-refractivity contribution in [2.24, 2.45) is 0 Å². The summed E-state index contributed by atoms with van der Waals surface area (Å²) in [5.41, 5.74) is 1.75. The number of rotatable bonds is 8. The van der Waals surface area contributed by atoms with E-state index in [-0.39, 0.29) is 18.2 Å². The summed E-state index contributed by atoms with van der Waals surface area (Å²) in [6.45, 7) is 3.53. The first-order valence-electron chi connectivity index (χ1n) is 10.9. The van der Waals surface area contributed by atoms with Gasteiger partial charge in [0.1, 0.15) is 24.3 Å². The van der Waals surface area contributed by atoms with Gasteiger partial charge in [0.2, 0.25) is 0 Å². The second kappa shape index (κ2) is 10.8. The fraction of sp³-hybridized carbons (Fsp3) is 0.269. The molecule has 0 aliphatic carbocycles. The molecule has 1 saturated heterocycles. The van der Waals surface area contributed by atoms with Crippen LogP contribution in [0.1, 0.15) is 15.9 Å². The van der Waals surface area contributed by atoms with Crippen LogP contribution in [0, 0.1) is 5.82 Å². The number of hydrogen-bond donors (Lipinski definition) is 1. The Bertz CT molecular complexity index is 1070. The highest BCUT2D eigenvalue weighted by molar-refractivity contribution is 6.30. The van der Waals surface area contributed by atoms with E-state index in [0.717, 1.165) is 13.1 Å². The number of benzene rings is 3. The van der Waals surface area contributed by atoms with E-state index in [1.807, 2.05) is 11.0 Å². The minimum Gasteiger partial charge on any atom is -0.491 e. The van der Waals surface area contributed by atoms with Gasteiger partial charge in [-0.05, 0) is 60.7 Å². The van der Waals surface area contributed by atoms with Crippen molar-refractivity contribution in [3.63, 3.8) is 0 Å². The Morgan fingerprint density at radius 3 is 2.18 bits per heavy atom. The van der Waals surface area contributed by atoms with Crippen LogP contribution in [-0.4, -0.2) is 61.2 Å². The second-order valence-electron chi connectivity index (χ2n) is 8.06. The largest absolute Gasteiger partial charge is 0.491 e. The molecule has 1 aliphatic rings. The number of carbonyl (C=O) groups excluding carboxylic acids is 1. The van der Waals surface area contributed by atoms with E-state index in [9.17, 15) is 14.3 Å². The highest BCUT2D eigenvalue weighted by Crippen LogP contribution is 2.21. The molecule has 3 aromatic rings. The van der Waals surface area contributed by atoms with Crippen molar-refractivity contribution in [2.45, 2.75) is 6.10 Å². The first-order valence-corrected chi connectivity index (χ1v) is 11.3. The van der Waals surface area contributed by atoms with Crippen LogP contribution in [0.25, 0.3) is 0 Å². The summed E-state index contributed by atoms with van der Waals surface area (Å²) in [5, 5.41) is 11.0. The highest BCUT2D eigenvalue weighted by atomic mass is 35.5. The molecule has 4 rings (SSSR count). The average molecular weight is 469 g/mol. The van der Waals surface area contributed by atoms with Gasteiger partial charge in [0, 0.05) is 48.9 Å². The van der Waals surface area contributed by atoms with Crippen molar-refractivity contribution >= 4 is 23.1 Å². The van der Waals surface area contributed by atoms with Crippen molar-refractivity contribution in [3.8, 4) is 5.75 Å². The smallest absolute Gasteiger partial charge is 0.193 e. The van der Waals surface area contributed by atoms with Crippen molar-refractivity contribution in [1.29, 1.82) is 0 Å². The highest BCUT2D eigenvalue weighted by Gasteiger charge is 2.21. The molecule has 5 nitrogen and oxygen atoms in total. The lowest BCUT2D eigenvalue weighted by atomic mass is 10.0.